The average molecular weight is 354 g/mol. The number of ether oxygens (including phenoxy) is 3. The second-order valence-electron chi connectivity index (χ2n) is 6.14. The molecule has 0 aliphatic carbocycles. The molecule has 4 rings (SSSR count). The number of carbonyl (C=O) groups is 1. The van der Waals surface area contributed by atoms with Gasteiger partial charge in [-0.15, -0.1) is 0 Å². The zero-order chi connectivity index (χ0) is 16.8. The standard InChI is InChI=1S/C15H18N2O6S/c18-14-8-23-15(9-16-14)3-4-17(10-15)24(19,20)11-1-2-12-13(7-11)22-6-5-21-12/h1-2,7H,3-6,8-10H2,(H,16,18). The summed E-state index contributed by atoms with van der Waals surface area (Å²) >= 11 is 0. The van der Waals surface area contributed by atoms with Crippen LogP contribution >= 0.6 is 0 Å². The van der Waals surface area contributed by atoms with Gasteiger partial charge in [-0.1, -0.05) is 0 Å². The van der Waals surface area contributed by atoms with Crippen molar-refractivity contribution in [3.05, 3.63) is 18.2 Å². The van der Waals surface area contributed by atoms with Crippen LogP contribution in [0.4, 0.5) is 0 Å². The molecule has 1 aromatic carbocycles. The number of fused-ring (bicyclic) bond motifs is 1. The van der Waals surface area contributed by atoms with Crippen LogP contribution in [0.15, 0.2) is 23.1 Å². The van der Waals surface area contributed by atoms with Gasteiger partial charge in [0.15, 0.2) is 11.5 Å². The van der Waals surface area contributed by atoms with E-state index in [4.69, 9.17) is 14.2 Å². The van der Waals surface area contributed by atoms with Crippen LogP contribution in [0.1, 0.15) is 6.42 Å². The highest BCUT2D eigenvalue weighted by atomic mass is 32.2. The van der Waals surface area contributed by atoms with E-state index in [9.17, 15) is 13.2 Å². The van der Waals surface area contributed by atoms with E-state index in [1.54, 1.807) is 6.07 Å². The quantitative estimate of drug-likeness (QED) is 0.786. The molecule has 9 heteroatoms. The number of hydrogen-bond acceptors (Lipinski definition) is 6. The van der Waals surface area contributed by atoms with Crippen molar-refractivity contribution < 1.29 is 27.4 Å². The topological polar surface area (TPSA) is 94.2 Å². The molecular formula is C15H18N2O6S. The Balaban J connectivity index is 1.56. The maximum atomic E-state index is 12.9. The Labute approximate surface area is 139 Å². The predicted octanol–water partition coefficient (Wildman–Crippen LogP) is -0.263. The van der Waals surface area contributed by atoms with E-state index in [0.29, 0.717) is 44.2 Å². The monoisotopic (exact) mass is 354 g/mol. The van der Waals surface area contributed by atoms with Crippen molar-refractivity contribution in [1.29, 1.82) is 0 Å². The number of nitrogens with zero attached hydrogens (tertiary/aromatic N) is 1. The average Bonchev–Trinajstić information content (AvgIpc) is 3.02. The number of sulfonamides is 1. The molecule has 1 aromatic rings. The number of hydrogen-bond donors (Lipinski definition) is 1. The van der Waals surface area contributed by atoms with Crippen molar-refractivity contribution >= 4 is 15.9 Å². The normalized spacial score (nSPS) is 27.2. The summed E-state index contributed by atoms with van der Waals surface area (Å²) in [7, 11) is -3.66. The van der Waals surface area contributed by atoms with Gasteiger partial charge in [0.05, 0.1) is 4.90 Å². The number of morpholine rings is 1. The summed E-state index contributed by atoms with van der Waals surface area (Å²) in [5, 5.41) is 2.75. The molecule has 0 radical (unpaired) electrons. The lowest BCUT2D eigenvalue weighted by atomic mass is 10.0. The van der Waals surface area contributed by atoms with Crippen LogP contribution in [-0.2, 0) is 19.6 Å². The van der Waals surface area contributed by atoms with Crippen LogP contribution in [-0.4, -0.2) is 63.7 Å². The molecule has 1 atom stereocenters. The predicted molar refractivity (Wildman–Crippen MR) is 82.5 cm³/mol. The fraction of sp³-hybridized carbons (Fsp3) is 0.533. The molecule has 8 nitrogen and oxygen atoms in total. The fourth-order valence-electron chi connectivity index (χ4n) is 3.19. The van der Waals surface area contributed by atoms with Crippen molar-refractivity contribution in [2.75, 3.05) is 39.5 Å². The summed E-state index contributed by atoms with van der Waals surface area (Å²) in [6.45, 7) is 1.74. The van der Waals surface area contributed by atoms with Gasteiger partial charge in [0.1, 0.15) is 25.4 Å². The molecule has 24 heavy (non-hydrogen) atoms. The Hall–Kier alpha value is -1.84. The smallest absolute Gasteiger partial charge is 0.246 e. The molecule has 3 aliphatic rings. The number of carbonyl (C=O) groups excluding carboxylic acids is 1. The lowest BCUT2D eigenvalue weighted by Gasteiger charge is -2.33. The first-order valence-corrected chi connectivity index (χ1v) is 9.23. The van der Waals surface area contributed by atoms with Gasteiger partial charge in [-0.05, 0) is 18.6 Å². The molecule has 130 valence electrons. The molecule has 1 amide bonds. The van der Waals surface area contributed by atoms with E-state index in [2.05, 4.69) is 5.32 Å². The molecule has 1 unspecified atom stereocenters. The van der Waals surface area contributed by atoms with Gasteiger partial charge in [0, 0.05) is 25.7 Å². The highest BCUT2D eigenvalue weighted by Crippen LogP contribution is 2.35. The molecule has 3 heterocycles. The highest BCUT2D eigenvalue weighted by molar-refractivity contribution is 7.89. The molecule has 0 saturated carbocycles. The van der Waals surface area contributed by atoms with Gasteiger partial charge in [0.2, 0.25) is 15.9 Å². The van der Waals surface area contributed by atoms with Crippen molar-refractivity contribution in [2.24, 2.45) is 0 Å². The lowest BCUT2D eigenvalue weighted by molar-refractivity contribution is -0.141. The van der Waals surface area contributed by atoms with Crippen LogP contribution in [0.2, 0.25) is 0 Å². The number of nitrogens with one attached hydrogen (secondary N) is 1. The van der Waals surface area contributed by atoms with E-state index >= 15 is 0 Å². The first kappa shape index (κ1) is 15.7. The summed E-state index contributed by atoms with van der Waals surface area (Å²) in [4.78, 5) is 11.4. The minimum absolute atomic E-state index is 0.0298. The van der Waals surface area contributed by atoms with Crippen LogP contribution in [0.25, 0.3) is 0 Å². The minimum Gasteiger partial charge on any atom is -0.486 e. The first-order valence-electron chi connectivity index (χ1n) is 7.79. The molecule has 1 N–H and O–H groups in total. The maximum absolute atomic E-state index is 12.9. The molecule has 2 saturated heterocycles. The molecule has 1 spiro atoms. The molecule has 0 aromatic heterocycles. The van der Waals surface area contributed by atoms with Crippen molar-refractivity contribution in [3.8, 4) is 11.5 Å². The Kier molecular flexibility index (Phi) is 3.66. The summed E-state index contributed by atoms with van der Waals surface area (Å²) in [6.07, 6.45) is 0.553. The molecule has 0 bridgehead atoms. The van der Waals surface area contributed by atoms with Gasteiger partial charge in [0.25, 0.3) is 0 Å². The summed E-state index contributed by atoms with van der Waals surface area (Å²) in [5.41, 5.74) is -0.630. The van der Waals surface area contributed by atoms with E-state index in [1.807, 2.05) is 0 Å². The van der Waals surface area contributed by atoms with E-state index in [1.165, 1.54) is 16.4 Å². The van der Waals surface area contributed by atoms with E-state index < -0.39 is 15.6 Å². The van der Waals surface area contributed by atoms with Gasteiger partial charge >= 0.3 is 0 Å². The van der Waals surface area contributed by atoms with E-state index in [0.717, 1.165) is 0 Å². The Morgan fingerprint density at radius 1 is 1.17 bits per heavy atom. The van der Waals surface area contributed by atoms with Crippen LogP contribution in [0.3, 0.4) is 0 Å². The number of amides is 1. The number of benzene rings is 1. The van der Waals surface area contributed by atoms with Gasteiger partial charge in [-0.25, -0.2) is 8.42 Å². The van der Waals surface area contributed by atoms with E-state index in [-0.39, 0.29) is 24.0 Å². The maximum Gasteiger partial charge on any atom is 0.246 e. The molecular weight excluding hydrogens is 336 g/mol. The van der Waals surface area contributed by atoms with Gasteiger partial charge < -0.3 is 19.5 Å². The molecule has 3 aliphatic heterocycles. The summed E-state index contributed by atoms with van der Waals surface area (Å²) < 4.78 is 43.7. The van der Waals surface area contributed by atoms with Crippen LogP contribution < -0.4 is 14.8 Å². The largest absolute Gasteiger partial charge is 0.486 e. The zero-order valence-electron chi connectivity index (χ0n) is 13.0. The third-order valence-electron chi connectivity index (χ3n) is 4.55. The molecule has 2 fully saturated rings. The Morgan fingerprint density at radius 3 is 2.71 bits per heavy atom. The summed E-state index contributed by atoms with van der Waals surface area (Å²) in [6, 6.07) is 4.64. The minimum atomic E-state index is -3.66. The Bertz CT molecular complexity index is 768. The number of rotatable bonds is 2. The van der Waals surface area contributed by atoms with Crippen molar-refractivity contribution in [2.45, 2.75) is 16.9 Å². The zero-order valence-corrected chi connectivity index (χ0v) is 13.8. The highest BCUT2D eigenvalue weighted by Gasteiger charge is 2.46. The van der Waals surface area contributed by atoms with Crippen LogP contribution in [0.5, 0.6) is 11.5 Å². The third-order valence-corrected chi connectivity index (χ3v) is 6.39. The van der Waals surface area contributed by atoms with Crippen LogP contribution in [0, 0.1) is 0 Å². The third kappa shape index (κ3) is 2.62. The van der Waals surface area contributed by atoms with Crippen molar-refractivity contribution in [1.82, 2.24) is 9.62 Å². The summed E-state index contributed by atoms with van der Waals surface area (Å²) in [5.74, 6) is 0.822. The second-order valence-corrected chi connectivity index (χ2v) is 8.08. The Morgan fingerprint density at radius 2 is 1.96 bits per heavy atom. The lowest BCUT2D eigenvalue weighted by Crippen LogP contribution is -2.54. The van der Waals surface area contributed by atoms with Gasteiger partial charge in [-0.2, -0.15) is 4.31 Å². The first-order chi connectivity index (χ1) is 11.5. The van der Waals surface area contributed by atoms with Gasteiger partial charge in [-0.3, -0.25) is 4.79 Å². The second kappa shape index (κ2) is 5.61. The fourth-order valence-corrected chi connectivity index (χ4v) is 4.72. The van der Waals surface area contributed by atoms with Crippen molar-refractivity contribution in [3.63, 3.8) is 0 Å². The SMILES string of the molecule is O=C1COC2(CCN(S(=O)(=O)c3ccc4c(c3)OCCO4)C2)CN1.